The molecule has 0 saturated heterocycles. The van der Waals surface area contributed by atoms with Crippen molar-refractivity contribution in [1.29, 1.82) is 0 Å². The number of benzene rings is 1. The van der Waals surface area contributed by atoms with Gasteiger partial charge in [-0.15, -0.1) is 0 Å². The minimum absolute atomic E-state index is 0.270. The molecular formula is C16H15ClN6O. The van der Waals surface area contributed by atoms with E-state index in [0.29, 0.717) is 33.5 Å². The highest BCUT2D eigenvalue weighted by atomic mass is 35.5. The van der Waals surface area contributed by atoms with E-state index < -0.39 is 0 Å². The molecule has 0 bridgehead atoms. The highest BCUT2D eigenvalue weighted by molar-refractivity contribution is 6.35. The number of fused-ring (bicyclic) bond motifs is 1. The normalized spacial score (nSPS) is 15.6. The van der Waals surface area contributed by atoms with E-state index in [-0.39, 0.29) is 17.4 Å². The zero-order chi connectivity index (χ0) is 16.8. The molecule has 2 aromatic heterocycles. The van der Waals surface area contributed by atoms with Crippen LogP contribution in [0.15, 0.2) is 35.4 Å². The highest BCUT2D eigenvalue weighted by Crippen LogP contribution is 2.39. The molecule has 1 saturated carbocycles. The lowest BCUT2D eigenvalue weighted by atomic mass is 10.1. The van der Waals surface area contributed by atoms with Crippen molar-refractivity contribution in [1.82, 2.24) is 19.5 Å². The summed E-state index contributed by atoms with van der Waals surface area (Å²) in [4.78, 5) is 25.9. The van der Waals surface area contributed by atoms with Crippen LogP contribution in [0.4, 0.5) is 5.82 Å². The van der Waals surface area contributed by atoms with E-state index >= 15 is 0 Å². The van der Waals surface area contributed by atoms with Crippen molar-refractivity contribution in [3.63, 3.8) is 0 Å². The molecular weight excluding hydrogens is 328 g/mol. The van der Waals surface area contributed by atoms with Gasteiger partial charge in [0.15, 0.2) is 5.82 Å². The number of nitrogens with two attached hydrogens (primary N) is 2. The van der Waals surface area contributed by atoms with Crippen molar-refractivity contribution in [3.05, 3.63) is 51.8 Å². The number of halogens is 1. The third-order valence-corrected chi connectivity index (χ3v) is 4.50. The molecule has 122 valence electrons. The molecule has 4 rings (SSSR count). The summed E-state index contributed by atoms with van der Waals surface area (Å²) >= 11 is 6.21. The average Bonchev–Trinajstić information content (AvgIpc) is 3.40. The number of nitrogen functional groups attached to an aromatic ring is 1. The first-order chi connectivity index (χ1) is 11.6. The lowest BCUT2D eigenvalue weighted by Gasteiger charge is -2.17. The zero-order valence-corrected chi connectivity index (χ0v) is 13.4. The highest BCUT2D eigenvalue weighted by Gasteiger charge is 2.33. The number of rotatable bonds is 3. The Morgan fingerprint density at radius 1 is 1.25 bits per heavy atom. The fourth-order valence-electron chi connectivity index (χ4n) is 2.76. The Labute approximate surface area is 142 Å². The Kier molecular flexibility index (Phi) is 3.47. The van der Waals surface area contributed by atoms with Gasteiger partial charge < -0.3 is 11.5 Å². The maximum atomic E-state index is 13.1. The summed E-state index contributed by atoms with van der Waals surface area (Å²) in [6.45, 7) is 0. The topological polar surface area (TPSA) is 113 Å². The van der Waals surface area contributed by atoms with E-state index in [1.165, 1.54) is 17.0 Å². The molecule has 8 heteroatoms. The van der Waals surface area contributed by atoms with Gasteiger partial charge in [-0.25, -0.2) is 19.5 Å². The second kappa shape index (κ2) is 5.54. The van der Waals surface area contributed by atoms with E-state index in [1.807, 2.05) is 0 Å². The van der Waals surface area contributed by atoms with Gasteiger partial charge in [-0.3, -0.25) is 4.79 Å². The minimum atomic E-state index is -0.347. The van der Waals surface area contributed by atoms with Crippen LogP contribution in [0.3, 0.4) is 0 Å². The van der Waals surface area contributed by atoms with Gasteiger partial charge >= 0.3 is 0 Å². The Balaban J connectivity index is 2.05. The van der Waals surface area contributed by atoms with Gasteiger partial charge in [0, 0.05) is 0 Å². The molecule has 1 fully saturated rings. The molecule has 2 heterocycles. The first-order valence-corrected chi connectivity index (χ1v) is 7.98. The smallest absolute Gasteiger partial charge is 0.268 e. The number of hydrogen-bond acceptors (Lipinski definition) is 6. The summed E-state index contributed by atoms with van der Waals surface area (Å²) in [5, 5.41) is 0.679. The van der Waals surface area contributed by atoms with Crippen LogP contribution in [0.2, 0.25) is 5.02 Å². The molecule has 1 aliphatic rings. The van der Waals surface area contributed by atoms with Crippen molar-refractivity contribution < 1.29 is 0 Å². The van der Waals surface area contributed by atoms with Crippen molar-refractivity contribution in [2.24, 2.45) is 11.7 Å². The van der Waals surface area contributed by atoms with Gasteiger partial charge in [-0.1, -0.05) is 17.7 Å². The van der Waals surface area contributed by atoms with Crippen LogP contribution >= 0.6 is 11.6 Å². The third-order valence-electron chi connectivity index (χ3n) is 4.19. The van der Waals surface area contributed by atoms with Crippen LogP contribution in [0, 0.1) is 5.92 Å². The SMILES string of the molecule is Nc1cnc(-n2c(C(N)C3CC3)nc3cccc(Cl)c3c2=O)cn1. The number of anilines is 1. The van der Waals surface area contributed by atoms with E-state index in [1.54, 1.807) is 18.2 Å². The largest absolute Gasteiger partial charge is 0.382 e. The van der Waals surface area contributed by atoms with Crippen molar-refractivity contribution >= 4 is 28.3 Å². The minimum Gasteiger partial charge on any atom is -0.382 e. The van der Waals surface area contributed by atoms with Crippen molar-refractivity contribution in [2.75, 3.05) is 5.73 Å². The van der Waals surface area contributed by atoms with E-state index in [2.05, 4.69) is 15.0 Å². The van der Waals surface area contributed by atoms with Crippen LogP contribution in [-0.4, -0.2) is 19.5 Å². The van der Waals surface area contributed by atoms with Gasteiger partial charge in [0.25, 0.3) is 5.56 Å². The molecule has 0 radical (unpaired) electrons. The Morgan fingerprint density at radius 3 is 2.71 bits per heavy atom. The second-order valence-corrected chi connectivity index (χ2v) is 6.31. The quantitative estimate of drug-likeness (QED) is 0.750. The maximum absolute atomic E-state index is 13.1. The Hall–Kier alpha value is -2.51. The predicted molar refractivity (Wildman–Crippen MR) is 92.0 cm³/mol. The standard InChI is InChI=1S/C16H15ClN6O/c17-9-2-1-3-10-13(9)16(24)23(12-7-20-11(18)6-21-12)15(22-10)14(19)8-4-5-8/h1-3,6-8,14H,4-5,19H2,(H2,18,20). The molecule has 7 nitrogen and oxygen atoms in total. The average molecular weight is 343 g/mol. The predicted octanol–water partition coefficient (Wildman–Crippen LogP) is 1.82. The van der Waals surface area contributed by atoms with E-state index in [4.69, 9.17) is 23.1 Å². The number of aromatic nitrogens is 4. The summed E-state index contributed by atoms with van der Waals surface area (Å²) in [6, 6.07) is 4.83. The van der Waals surface area contributed by atoms with Gasteiger partial charge in [0.05, 0.1) is 34.4 Å². The molecule has 4 N–H and O–H groups in total. The summed E-state index contributed by atoms with van der Waals surface area (Å²) in [7, 11) is 0. The Bertz CT molecular complexity index is 980. The molecule has 1 unspecified atom stereocenters. The van der Waals surface area contributed by atoms with Gasteiger partial charge in [0.2, 0.25) is 0 Å². The summed E-state index contributed by atoms with van der Waals surface area (Å²) in [6.07, 6.45) is 4.88. The lowest BCUT2D eigenvalue weighted by molar-refractivity contribution is 0.571. The molecule has 1 aromatic carbocycles. The number of nitrogens with zero attached hydrogens (tertiary/aromatic N) is 4. The van der Waals surface area contributed by atoms with Crippen molar-refractivity contribution in [3.8, 4) is 5.82 Å². The zero-order valence-electron chi connectivity index (χ0n) is 12.7. The molecule has 3 aromatic rings. The van der Waals surface area contributed by atoms with Gasteiger partial charge in [-0.05, 0) is 30.9 Å². The summed E-state index contributed by atoms with van der Waals surface area (Å²) < 4.78 is 1.39. The van der Waals surface area contributed by atoms with Crippen molar-refractivity contribution in [2.45, 2.75) is 18.9 Å². The molecule has 0 spiro atoms. The summed E-state index contributed by atoms with van der Waals surface area (Å²) in [5.41, 5.74) is 12.1. The molecule has 1 atom stereocenters. The molecule has 24 heavy (non-hydrogen) atoms. The fourth-order valence-corrected chi connectivity index (χ4v) is 3.02. The van der Waals surface area contributed by atoms with E-state index in [0.717, 1.165) is 12.8 Å². The molecule has 0 amide bonds. The van der Waals surface area contributed by atoms with Crippen LogP contribution in [0.5, 0.6) is 0 Å². The molecule has 0 aliphatic heterocycles. The molecule has 1 aliphatic carbocycles. The third kappa shape index (κ3) is 2.42. The lowest BCUT2D eigenvalue weighted by Crippen LogP contribution is -2.30. The first kappa shape index (κ1) is 15.0. The van der Waals surface area contributed by atoms with Crippen LogP contribution in [-0.2, 0) is 0 Å². The Morgan fingerprint density at radius 2 is 2.04 bits per heavy atom. The van der Waals surface area contributed by atoms with Gasteiger partial charge in [-0.2, -0.15) is 0 Å². The van der Waals surface area contributed by atoms with Crippen LogP contribution < -0.4 is 17.0 Å². The van der Waals surface area contributed by atoms with Crippen LogP contribution in [0.1, 0.15) is 24.7 Å². The van der Waals surface area contributed by atoms with E-state index in [9.17, 15) is 4.79 Å². The number of hydrogen-bond donors (Lipinski definition) is 2. The maximum Gasteiger partial charge on any atom is 0.268 e. The second-order valence-electron chi connectivity index (χ2n) is 5.91. The fraction of sp³-hybridized carbons (Fsp3) is 0.250. The first-order valence-electron chi connectivity index (χ1n) is 7.61. The van der Waals surface area contributed by atoms with Crippen LogP contribution in [0.25, 0.3) is 16.7 Å². The monoisotopic (exact) mass is 342 g/mol. The van der Waals surface area contributed by atoms with Gasteiger partial charge in [0.1, 0.15) is 11.6 Å². The summed E-state index contributed by atoms with van der Waals surface area (Å²) in [5.74, 6) is 1.39.